The highest BCUT2D eigenvalue weighted by atomic mass is 16.5. The maximum absolute atomic E-state index is 12.3. The quantitative estimate of drug-likeness (QED) is 0.862. The van der Waals surface area contributed by atoms with Gasteiger partial charge < -0.3 is 9.64 Å². The molecule has 1 aliphatic rings. The second-order valence-electron chi connectivity index (χ2n) is 5.45. The van der Waals surface area contributed by atoms with Crippen LogP contribution in [0.3, 0.4) is 0 Å². The van der Waals surface area contributed by atoms with Gasteiger partial charge in [0.1, 0.15) is 5.75 Å². The molecule has 21 heavy (non-hydrogen) atoms. The summed E-state index contributed by atoms with van der Waals surface area (Å²) in [6.07, 6.45) is 1.38. The SMILES string of the molecule is CN(Cc1ccccc1)C(=O)Cc1ccc2c(c1)CCO2. The molecule has 0 bridgehead atoms. The highest BCUT2D eigenvalue weighted by Crippen LogP contribution is 2.26. The van der Waals surface area contributed by atoms with E-state index in [0.29, 0.717) is 13.0 Å². The third-order valence-corrected chi connectivity index (χ3v) is 3.80. The lowest BCUT2D eigenvalue weighted by molar-refractivity contribution is -0.129. The molecule has 2 aromatic rings. The Bertz CT molecular complexity index is 637. The minimum Gasteiger partial charge on any atom is -0.493 e. The molecule has 3 nitrogen and oxygen atoms in total. The molecule has 0 saturated carbocycles. The average molecular weight is 281 g/mol. The van der Waals surface area contributed by atoms with E-state index in [2.05, 4.69) is 6.07 Å². The lowest BCUT2D eigenvalue weighted by Crippen LogP contribution is -2.27. The molecule has 0 saturated heterocycles. The van der Waals surface area contributed by atoms with Crippen LogP contribution < -0.4 is 4.74 Å². The Labute approximate surface area is 125 Å². The van der Waals surface area contributed by atoms with Gasteiger partial charge in [-0.15, -0.1) is 0 Å². The number of fused-ring (bicyclic) bond motifs is 1. The van der Waals surface area contributed by atoms with E-state index in [-0.39, 0.29) is 5.91 Å². The van der Waals surface area contributed by atoms with Gasteiger partial charge in [0, 0.05) is 20.0 Å². The van der Waals surface area contributed by atoms with Crippen LogP contribution in [0.25, 0.3) is 0 Å². The molecular weight excluding hydrogens is 262 g/mol. The van der Waals surface area contributed by atoms with E-state index in [9.17, 15) is 4.79 Å². The van der Waals surface area contributed by atoms with Gasteiger partial charge in [0.2, 0.25) is 5.91 Å². The second-order valence-corrected chi connectivity index (χ2v) is 5.45. The molecule has 0 spiro atoms. The predicted molar refractivity (Wildman–Crippen MR) is 82.3 cm³/mol. The maximum atomic E-state index is 12.3. The number of hydrogen-bond donors (Lipinski definition) is 0. The number of ether oxygens (including phenoxy) is 1. The minimum atomic E-state index is 0.137. The summed E-state index contributed by atoms with van der Waals surface area (Å²) in [5.74, 6) is 1.10. The van der Waals surface area contributed by atoms with E-state index in [1.165, 1.54) is 5.56 Å². The zero-order valence-electron chi connectivity index (χ0n) is 12.2. The van der Waals surface area contributed by atoms with E-state index in [1.54, 1.807) is 4.90 Å². The fourth-order valence-corrected chi connectivity index (χ4v) is 2.60. The van der Waals surface area contributed by atoms with Gasteiger partial charge in [0.05, 0.1) is 13.0 Å². The molecule has 0 fully saturated rings. The topological polar surface area (TPSA) is 29.5 Å². The molecule has 2 aromatic carbocycles. The lowest BCUT2D eigenvalue weighted by atomic mass is 10.1. The summed E-state index contributed by atoms with van der Waals surface area (Å²) in [5.41, 5.74) is 3.42. The van der Waals surface area contributed by atoms with E-state index in [0.717, 1.165) is 29.9 Å². The summed E-state index contributed by atoms with van der Waals surface area (Å²) < 4.78 is 5.49. The maximum Gasteiger partial charge on any atom is 0.227 e. The molecule has 1 heterocycles. The van der Waals surface area contributed by atoms with Gasteiger partial charge in [0.15, 0.2) is 0 Å². The van der Waals surface area contributed by atoms with Crippen LogP contribution in [0.15, 0.2) is 48.5 Å². The monoisotopic (exact) mass is 281 g/mol. The first kappa shape index (κ1) is 13.7. The molecule has 3 rings (SSSR count). The van der Waals surface area contributed by atoms with Crippen molar-refractivity contribution in [2.75, 3.05) is 13.7 Å². The molecule has 0 aromatic heterocycles. The summed E-state index contributed by atoms with van der Waals surface area (Å²) in [7, 11) is 1.85. The fourth-order valence-electron chi connectivity index (χ4n) is 2.60. The highest BCUT2D eigenvalue weighted by Gasteiger charge is 2.15. The molecule has 0 aliphatic carbocycles. The second kappa shape index (κ2) is 6.00. The predicted octanol–water partition coefficient (Wildman–Crippen LogP) is 2.82. The van der Waals surface area contributed by atoms with Crippen LogP contribution in [-0.2, 0) is 24.2 Å². The largest absolute Gasteiger partial charge is 0.493 e. The molecule has 1 aliphatic heterocycles. The summed E-state index contributed by atoms with van der Waals surface area (Å²) in [6.45, 7) is 1.40. The van der Waals surface area contributed by atoms with E-state index in [1.807, 2.05) is 49.5 Å². The molecule has 1 amide bonds. The van der Waals surface area contributed by atoms with Crippen molar-refractivity contribution in [3.8, 4) is 5.75 Å². The zero-order valence-corrected chi connectivity index (χ0v) is 12.2. The Balaban J connectivity index is 1.63. The summed E-state index contributed by atoms with van der Waals surface area (Å²) in [6, 6.07) is 16.1. The van der Waals surface area contributed by atoms with E-state index >= 15 is 0 Å². The van der Waals surface area contributed by atoms with Crippen molar-refractivity contribution in [3.63, 3.8) is 0 Å². The first-order chi connectivity index (χ1) is 10.2. The lowest BCUT2D eigenvalue weighted by Gasteiger charge is -2.17. The number of likely N-dealkylation sites (N-methyl/N-ethyl adjacent to an activating group) is 1. The molecule has 0 atom stereocenters. The molecule has 0 radical (unpaired) electrons. The Morgan fingerprint density at radius 2 is 1.95 bits per heavy atom. The number of benzene rings is 2. The third-order valence-electron chi connectivity index (χ3n) is 3.80. The van der Waals surface area contributed by atoms with E-state index in [4.69, 9.17) is 4.74 Å². The van der Waals surface area contributed by atoms with Crippen LogP contribution in [-0.4, -0.2) is 24.5 Å². The van der Waals surface area contributed by atoms with Gasteiger partial charge in [-0.05, 0) is 22.8 Å². The van der Waals surface area contributed by atoms with Crippen molar-refractivity contribution in [1.29, 1.82) is 0 Å². The van der Waals surface area contributed by atoms with Gasteiger partial charge in [-0.3, -0.25) is 4.79 Å². The number of amides is 1. The Hall–Kier alpha value is -2.29. The highest BCUT2D eigenvalue weighted by molar-refractivity contribution is 5.78. The van der Waals surface area contributed by atoms with Crippen LogP contribution in [0.1, 0.15) is 16.7 Å². The smallest absolute Gasteiger partial charge is 0.227 e. The number of hydrogen-bond acceptors (Lipinski definition) is 2. The standard InChI is InChI=1S/C18H19NO2/c1-19(13-14-5-3-2-4-6-14)18(20)12-15-7-8-17-16(11-15)9-10-21-17/h2-8,11H,9-10,12-13H2,1H3. The number of carbonyl (C=O) groups is 1. The normalized spacial score (nSPS) is 12.6. The van der Waals surface area contributed by atoms with Gasteiger partial charge in [0.25, 0.3) is 0 Å². The van der Waals surface area contributed by atoms with E-state index < -0.39 is 0 Å². The average Bonchev–Trinajstić information content (AvgIpc) is 2.95. The summed E-state index contributed by atoms with van der Waals surface area (Å²) in [5, 5.41) is 0. The van der Waals surface area contributed by atoms with Crippen LogP contribution in [0, 0.1) is 0 Å². The van der Waals surface area contributed by atoms with Gasteiger partial charge in [-0.2, -0.15) is 0 Å². The Kier molecular flexibility index (Phi) is 3.91. The molecule has 3 heteroatoms. The first-order valence-corrected chi connectivity index (χ1v) is 7.25. The zero-order chi connectivity index (χ0) is 14.7. The van der Waals surface area contributed by atoms with Crippen molar-refractivity contribution in [2.45, 2.75) is 19.4 Å². The summed E-state index contributed by atoms with van der Waals surface area (Å²) >= 11 is 0. The van der Waals surface area contributed by atoms with Crippen LogP contribution in [0.5, 0.6) is 5.75 Å². The molecular formula is C18H19NO2. The molecule has 0 N–H and O–H groups in total. The van der Waals surface area contributed by atoms with Gasteiger partial charge in [-0.25, -0.2) is 0 Å². The minimum absolute atomic E-state index is 0.137. The number of nitrogens with zero attached hydrogens (tertiary/aromatic N) is 1. The number of carbonyl (C=O) groups excluding carboxylic acids is 1. The molecule has 108 valence electrons. The number of rotatable bonds is 4. The van der Waals surface area contributed by atoms with Crippen molar-refractivity contribution in [2.24, 2.45) is 0 Å². The molecule has 0 unspecified atom stereocenters. The Morgan fingerprint density at radius 3 is 2.76 bits per heavy atom. The van der Waals surface area contributed by atoms with Crippen LogP contribution in [0.2, 0.25) is 0 Å². The van der Waals surface area contributed by atoms with Gasteiger partial charge >= 0.3 is 0 Å². The summed E-state index contributed by atoms with van der Waals surface area (Å²) in [4.78, 5) is 14.1. The van der Waals surface area contributed by atoms with Crippen molar-refractivity contribution >= 4 is 5.91 Å². The van der Waals surface area contributed by atoms with Crippen LogP contribution >= 0.6 is 0 Å². The van der Waals surface area contributed by atoms with Crippen molar-refractivity contribution in [1.82, 2.24) is 4.90 Å². The third kappa shape index (κ3) is 3.24. The first-order valence-electron chi connectivity index (χ1n) is 7.25. The fraction of sp³-hybridized carbons (Fsp3) is 0.278. The van der Waals surface area contributed by atoms with Gasteiger partial charge in [-0.1, -0.05) is 42.5 Å². The Morgan fingerprint density at radius 1 is 1.14 bits per heavy atom. The van der Waals surface area contributed by atoms with Crippen molar-refractivity contribution in [3.05, 3.63) is 65.2 Å². The van der Waals surface area contributed by atoms with Crippen LogP contribution in [0.4, 0.5) is 0 Å². The van der Waals surface area contributed by atoms with Crippen molar-refractivity contribution < 1.29 is 9.53 Å².